The summed E-state index contributed by atoms with van der Waals surface area (Å²) in [5, 5.41) is 21.2. The van der Waals surface area contributed by atoms with Crippen molar-refractivity contribution in [3.63, 3.8) is 0 Å². The standard InChI is InChI=1S/C15H27N7O/c1-5-6-18-12-9-22(17-4)8-11-13(12)20-15(16-3)21-14(11)19-7-10(2)23/h9-10,17-18,23H,5-8H2,1-4H3,(H2,16,19,20,21). The molecule has 1 aromatic rings. The number of nitrogens with one attached hydrogen (secondary N) is 4. The number of aromatic nitrogens is 2. The topological polar surface area (TPSA) is 97.4 Å². The highest BCUT2D eigenvalue weighted by Gasteiger charge is 2.23. The van der Waals surface area contributed by atoms with Gasteiger partial charge in [0.2, 0.25) is 5.95 Å². The molecule has 8 heteroatoms. The first kappa shape index (κ1) is 17.3. The van der Waals surface area contributed by atoms with Gasteiger partial charge >= 0.3 is 0 Å². The molecule has 0 aromatic carbocycles. The van der Waals surface area contributed by atoms with E-state index in [9.17, 15) is 5.11 Å². The van der Waals surface area contributed by atoms with Gasteiger partial charge in [-0.25, -0.2) is 10.4 Å². The van der Waals surface area contributed by atoms with Crippen LogP contribution in [0.1, 0.15) is 31.5 Å². The van der Waals surface area contributed by atoms with E-state index in [1.165, 1.54) is 0 Å². The van der Waals surface area contributed by atoms with E-state index in [4.69, 9.17) is 0 Å². The van der Waals surface area contributed by atoms with E-state index in [0.717, 1.165) is 35.7 Å². The number of nitrogens with zero attached hydrogens (tertiary/aromatic N) is 3. The molecule has 0 aliphatic carbocycles. The van der Waals surface area contributed by atoms with Crippen molar-refractivity contribution in [2.24, 2.45) is 0 Å². The number of rotatable bonds is 8. The van der Waals surface area contributed by atoms with E-state index in [-0.39, 0.29) is 0 Å². The second-order valence-corrected chi connectivity index (χ2v) is 5.52. The van der Waals surface area contributed by atoms with Gasteiger partial charge in [-0.2, -0.15) is 4.98 Å². The summed E-state index contributed by atoms with van der Waals surface area (Å²) in [5.41, 5.74) is 5.99. The molecule has 1 aliphatic rings. The highest BCUT2D eigenvalue weighted by molar-refractivity contribution is 5.70. The van der Waals surface area contributed by atoms with E-state index < -0.39 is 6.10 Å². The van der Waals surface area contributed by atoms with E-state index in [0.29, 0.717) is 19.0 Å². The molecule has 0 radical (unpaired) electrons. The second-order valence-electron chi connectivity index (χ2n) is 5.52. The number of aliphatic hydroxyl groups excluding tert-OH is 1. The van der Waals surface area contributed by atoms with E-state index in [2.05, 4.69) is 38.3 Å². The van der Waals surface area contributed by atoms with Gasteiger partial charge < -0.3 is 26.1 Å². The first-order valence-electron chi connectivity index (χ1n) is 7.99. The number of hydrazine groups is 1. The number of hydrogen-bond acceptors (Lipinski definition) is 8. The lowest BCUT2D eigenvalue weighted by Gasteiger charge is -2.29. The van der Waals surface area contributed by atoms with Gasteiger partial charge in [-0.05, 0) is 13.3 Å². The quantitative estimate of drug-likeness (QED) is 0.474. The van der Waals surface area contributed by atoms with Crippen LogP contribution >= 0.6 is 0 Å². The van der Waals surface area contributed by atoms with Gasteiger partial charge in [-0.15, -0.1) is 0 Å². The maximum absolute atomic E-state index is 9.54. The third-order valence-corrected chi connectivity index (χ3v) is 3.52. The van der Waals surface area contributed by atoms with Crippen molar-refractivity contribution in [2.75, 3.05) is 37.8 Å². The average molecular weight is 321 g/mol. The number of anilines is 2. The summed E-state index contributed by atoms with van der Waals surface area (Å²) in [7, 11) is 3.68. The summed E-state index contributed by atoms with van der Waals surface area (Å²) >= 11 is 0. The Kier molecular flexibility index (Phi) is 6.00. The summed E-state index contributed by atoms with van der Waals surface area (Å²) in [6, 6.07) is 0. The van der Waals surface area contributed by atoms with Crippen molar-refractivity contribution in [2.45, 2.75) is 32.9 Å². The molecule has 1 aliphatic heterocycles. The molecule has 1 atom stereocenters. The van der Waals surface area contributed by atoms with Crippen LogP contribution in [0.15, 0.2) is 6.20 Å². The van der Waals surface area contributed by atoms with Crippen molar-refractivity contribution in [3.05, 3.63) is 17.5 Å². The SMILES string of the molecule is CCCNC1=CN(NC)Cc2c(NCC(C)O)nc(NC)nc21. The van der Waals surface area contributed by atoms with Crippen LogP contribution in [0, 0.1) is 0 Å². The Labute approximate surface area is 137 Å². The van der Waals surface area contributed by atoms with Crippen LogP contribution in [0.3, 0.4) is 0 Å². The lowest BCUT2D eigenvalue weighted by molar-refractivity contribution is 0.208. The Bertz CT molecular complexity index is 559. The van der Waals surface area contributed by atoms with Gasteiger partial charge in [0.15, 0.2) is 0 Å². The van der Waals surface area contributed by atoms with Crippen LogP contribution in [0.5, 0.6) is 0 Å². The number of hydrogen-bond donors (Lipinski definition) is 5. The molecule has 5 N–H and O–H groups in total. The lowest BCUT2D eigenvalue weighted by atomic mass is 10.1. The molecule has 0 saturated heterocycles. The molecular formula is C15H27N7O. The summed E-state index contributed by atoms with van der Waals surface area (Å²) < 4.78 is 0. The van der Waals surface area contributed by atoms with E-state index in [1.807, 2.05) is 18.3 Å². The Hall–Kier alpha value is -2.06. The molecule has 128 valence electrons. The Balaban J connectivity index is 2.41. The Morgan fingerprint density at radius 3 is 2.70 bits per heavy atom. The molecule has 23 heavy (non-hydrogen) atoms. The van der Waals surface area contributed by atoms with Gasteiger partial charge in [0.25, 0.3) is 0 Å². The first-order chi connectivity index (χ1) is 11.1. The molecule has 0 amide bonds. The predicted molar refractivity (Wildman–Crippen MR) is 92.6 cm³/mol. The van der Waals surface area contributed by atoms with Crippen LogP contribution in [-0.4, -0.2) is 53.4 Å². The largest absolute Gasteiger partial charge is 0.392 e. The minimum atomic E-state index is -0.448. The maximum Gasteiger partial charge on any atom is 0.225 e. The monoisotopic (exact) mass is 321 g/mol. The minimum absolute atomic E-state index is 0.438. The zero-order valence-corrected chi connectivity index (χ0v) is 14.3. The van der Waals surface area contributed by atoms with Gasteiger partial charge in [0.1, 0.15) is 11.5 Å². The number of fused-ring (bicyclic) bond motifs is 1. The average Bonchev–Trinajstić information content (AvgIpc) is 2.56. The summed E-state index contributed by atoms with van der Waals surface area (Å²) in [5.74, 6) is 1.29. The normalized spacial score (nSPS) is 14.8. The second kappa shape index (κ2) is 7.98. The highest BCUT2D eigenvalue weighted by atomic mass is 16.3. The van der Waals surface area contributed by atoms with Crippen molar-refractivity contribution in [1.29, 1.82) is 0 Å². The van der Waals surface area contributed by atoms with Crippen LogP contribution in [-0.2, 0) is 6.54 Å². The molecule has 1 aromatic heterocycles. The minimum Gasteiger partial charge on any atom is -0.392 e. The Morgan fingerprint density at radius 1 is 1.30 bits per heavy atom. The van der Waals surface area contributed by atoms with Crippen LogP contribution in [0.4, 0.5) is 11.8 Å². The number of aliphatic hydroxyl groups is 1. The van der Waals surface area contributed by atoms with E-state index >= 15 is 0 Å². The summed E-state index contributed by atoms with van der Waals surface area (Å²) in [6.07, 6.45) is 2.60. The van der Waals surface area contributed by atoms with Gasteiger partial charge in [0, 0.05) is 38.9 Å². The predicted octanol–water partition coefficient (Wildman–Crippen LogP) is 0.559. The lowest BCUT2D eigenvalue weighted by Crippen LogP contribution is -2.35. The van der Waals surface area contributed by atoms with Crippen molar-refractivity contribution < 1.29 is 5.11 Å². The third-order valence-electron chi connectivity index (χ3n) is 3.52. The first-order valence-corrected chi connectivity index (χ1v) is 7.99. The van der Waals surface area contributed by atoms with Gasteiger partial charge in [-0.3, -0.25) is 0 Å². The molecule has 0 bridgehead atoms. The molecule has 0 spiro atoms. The molecule has 1 unspecified atom stereocenters. The van der Waals surface area contributed by atoms with Crippen molar-refractivity contribution in [3.8, 4) is 0 Å². The van der Waals surface area contributed by atoms with Crippen molar-refractivity contribution >= 4 is 17.5 Å². The van der Waals surface area contributed by atoms with Crippen molar-refractivity contribution in [1.82, 2.24) is 25.7 Å². The van der Waals surface area contributed by atoms with Crippen LogP contribution in [0.25, 0.3) is 5.70 Å². The highest BCUT2D eigenvalue weighted by Crippen LogP contribution is 2.28. The fourth-order valence-corrected chi connectivity index (χ4v) is 2.32. The van der Waals surface area contributed by atoms with Gasteiger partial charge in [-0.1, -0.05) is 6.92 Å². The fourth-order valence-electron chi connectivity index (χ4n) is 2.32. The molecule has 2 rings (SSSR count). The third kappa shape index (κ3) is 4.23. The molecular weight excluding hydrogens is 294 g/mol. The zero-order chi connectivity index (χ0) is 16.8. The van der Waals surface area contributed by atoms with Gasteiger partial charge in [0.05, 0.1) is 18.3 Å². The summed E-state index contributed by atoms with van der Waals surface area (Å²) in [6.45, 7) is 5.83. The maximum atomic E-state index is 9.54. The molecule has 2 heterocycles. The summed E-state index contributed by atoms with van der Waals surface area (Å²) in [4.78, 5) is 9.12. The smallest absolute Gasteiger partial charge is 0.225 e. The molecule has 0 saturated carbocycles. The zero-order valence-electron chi connectivity index (χ0n) is 14.3. The molecule has 0 fully saturated rings. The van der Waals surface area contributed by atoms with Crippen LogP contribution < -0.4 is 21.4 Å². The Morgan fingerprint density at radius 2 is 2.09 bits per heavy atom. The fraction of sp³-hybridized carbons (Fsp3) is 0.600. The molecule has 8 nitrogen and oxygen atoms in total. The van der Waals surface area contributed by atoms with Crippen LogP contribution in [0.2, 0.25) is 0 Å². The van der Waals surface area contributed by atoms with E-state index in [1.54, 1.807) is 14.0 Å².